The molecule has 3 heteroatoms. The van der Waals surface area contributed by atoms with E-state index in [2.05, 4.69) is 0 Å². The maximum Gasteiger partial charge on any atom is 0.144 e. The summed E-state index contributed by atoms with van der Waals surface area (Å²) in [4.78, 5) is 0. The Morgan fingerprint density at radius 2 is 1.69 bits per heavy atom. The van der Waals surface area contributed by atoms with Crippen molar-refractivity contribution >= 4 is 0 Å². The second kappa shape index (κ2) is 6.04. The van der Waals surface area contributed by atoms with Gasteiger partial charge in [0, 0.05) is 6.42 Å². The second-order valence-corrected chi connectivity index (χ2v) is 3.07. The van der Waals surface area contributed by atoms with E-state index in [1.165, 1.54) is 0 Å². The largest absolute Gasteiger partial charge is 0.198 e. The zero-order chi connectivity index (χ0) is 10.2. The third-order valence-electron chi connectivity index (χ3n) is 2.05. The van der Waals surface area contributed by atoms with E-state index in [-0.39, 0.29) is 6.42 Å². The first-order valence-corrected chi connectivity index (χ1v) is 4.44. The van der Waals surface area contributed by atoms with E-state index >= 15 is 0 Å². The Kier molecular flexibility index (Phi) is 5.33. The predicted molar refractivity (Wildman–Crippen MR) is 48.0 cm³/mol. The molecule has 0 amide bonds. The van der Waals surface area contributed by atoms with Gasteiger partial charge in [-0.3, -0.25) is 0 Å². The molecule has 0 saturated carbocycles. The summed E-state index contributed by atoms with van der Waals surface area (Å²) in [5.41, 5.74) is -0.925. The quantitative estimate of drug-likeness (QED) is 0.644. The number of nitrogens with zero attached hydrogens (tertiary/aromatic N) is 3. The first-order chi connectivity index (χ1) is 6.24. The molecular formula is C10H13N3. The topological polar surface area (TPSA) is 71.4 Å². The smallest absolute Gasteiger partial charge is 0.144 e. The molecule has 0 spiro atoms. The monoisotopic (exact) mass is 175 g/mol. The summed E-state index contributed by atoms with van der Waals surface area (Å²) in [6.07, 6.45) is 3.07. The average molecular weight is 175 g/mol. The predicted octanol–water partition coefficient (Wildman–Crippen LogP) is 2.51. The zero-order valence-corrected chi connectivity index (χ0v) is 7.88. The number of hydrogen-bond acceptors (Lipinski definition) is 3. The molecule has 13 heavy (non-hydrogen) atoms. The Hall–Kier alpha value is -1.53. The standard InChI is InChI=1S/C10H13N3/c1-2-3-5-10(8-12,9-13)6-4-7-11/h2-6H2,1H3. The van der Waals surface area contributed by atoms with Crippen LogP contribution >= 0.6 is 0 Å². The summed E-state index contributed by atoms with van der Waals surface area (Å²) in [6, 6.07) is 6.01. The van der Waals surface area contributed by atoms with Crippen LogP contribution in [0, 0.1) is 39.4 Å². The maximum atomic E-state index is 8.85. The lowest BCUT2D eigenvalue weighted by atomic mass is 9.82. The van der Waals surface area contributed by atoms with Crippen LogP contribution < -0.4 is 0 Å². The molecule has 0 fully saturated rings. The van der Waals surface area contributed by atoms with Crippen molar-refractivity contribution in [1.29, 1.82) is 15.8 Å². The highest BCUT2D eigenvalue weighted by atomic mass is 14.4. The van der Waals surface area contributed by atoms with Crippen molar-refractivity contribution in [1.82, 2.24) is 0 Å². The third kappa shape index (κ3) is 3.59. The van der Waals surface area contributed by atoms with E-state index in [1.54, 1.807) is 0 Å². The Morgan fingerprint density at radius 1 is 1.08 bits per heavy atom. The molecular weight excluding hydrogens is 162 g/mol. The fourth-order valence-electron chi connectivity index (χ4n) is 1.12. The molecule has 0 aliphatic heterocycles. The Balaban J connectivity index is 4.29. The molecule has 0 aliphatic rings. The fraction of sp³-hybridized carbons (Fsp3) is 0.700. The van der Waals surface area contributed by atoms with Crippen molar-refractivity contribution in [2.24, 2.45) is 5.41 Å². The molecule has 0 aromatic rings. The molecule has 68 valence electrons. The van der Waals surface area contributed by atoms with E-state index in [4.69, 9.17) is 15.8 Å². The average Bonchev–Trinajstić information content (AvgIpc) is 2.20. The molecule has 0 saturated heterocycles. The first kappa shape index (κ1) is 11.5. The first-order valence-electron chi connectivity index (χ1n) is 4.44. The van der Waals surface area contributed by atoms with Crippen molar-refractivity contribution in [3.05, 3.63) is 0 Å². The molecule has 0 heterocycles. The van der Waals surface area contributed by atoms with Crippen molar-refractivity contribution < 1.29 is 0 Å². The highest BCUT2D eigenvalue weighted by Crippen LogP contribution is 2.28. The molecule has 0 rings (SSSR count). The number of nitriles is 3. The Morgan fingerprint density at radius 3 is 2.08 bits per heavy atom. The molecule has 0 unspecified atom stereocenters. The number of hydrogen-bond donors (Lipinski definition) is 0. The third-order valence-corrected chi connectivity index (χ3v) is 2.05. The molecule has 0 radical (unpaired) electrons. The van der Waals surface area contributed by atoms with Crippen LogP contribution in [0.5, 0.6) is 0 Å². The minimum Gasteiger partial charge on any atom is -0.198 e. The summed E-state index contributed by atoms with van der Waals surface area (Å²) >= 11 is 0. The molecule has 3 nitrogen and oxygen atoms in total. The van der Waals surface area contributed by atoms with Crippen LogP contribution in [0.1, 0.15) is 39.0 Å². The van der Waals surface area contributed by atoms with E-state index < -0.39 is 5.41 Å². The summed E-state index contributed by atoms with van der Waals surface area (Å²) in [6.45, 7) is 2.02. The van der Waals surface area contributed by atoms with Gasteiger partial charge in [-0.1, -0.05) is 19.8 Å². The Labute approximate surface area is 79.2 Å². The minimum absolute atomic E-state index is 0.283. The molecule has 0 bridgehead atoms. The number of unbranched alkanes of at least 4 members (excludes halogenated alkanes) is 1. The van der Waals surface area contributed by atoms with Gasteiger partial charge in [-0.05, 0) is 12.8 Å². The summed E-state index contributed by atoms with van der Waals surface area (Å²) in [5, 5.41) is 26.1. The molecule has 0 atom stereocenters. The molecule has 0 aromatic heterocycles. The van der Waals surface area contributed by atoms with E-state index in [0.717, 1.165) is 12.8 Å². The van der Waals surface area contributed by atoms with Crippen LogP contribution in [0.4, 0.5) is 0 Å². The van der Waals surface area contributed by atoms with Gasteiger partial charge >= 0.3 is 0 Å². The van der Waals surface area contributed by atoms with Crippen molar-refractivity contribution in [3.8, 4) is 18.2 Å². The Bertz CT molecular complexity index is 247. The van der Waals surface area contributed by atoms with Crippen molar-refractivity contribution in [2.45, 2.75) is 39.0 Å². The van der Waals surface area contributed by atoms with Crippen LogP contribution in [0.25, 0.3) is 0 Å². The van der Waals surface area contributed by atoms with Crippen LogP contribution in [-0.4, -0.2) is 0 Å². The van der Waals surface area contributed by atoms with Crippen molar-refractivity contribution in [2.75, 3.05) is 0 Å². The van der Waals surface area contributed by atoms with E-state index in [1.807, 2.05) is 25.1 Å². The van der Waals surface area contributed by atoms with E-state index in [9.17, 15) is 0 Å². The highest BCUT2D eigenvalue weighted by molar-refractivity contribution is 5.13. The van der Waals surface area contributed by atoms with Crippen LogP contribution in [0.2, 0.25) is 0 Å². The van der Waals surface area contributed by atoms with Gasteiger partial charge in [-0.15, -0.1) is 0 Å². The lowest BCUT2D eigenvalue weighted by molar-refractivity contribution is 0.427. The van der Waals surface area contributed by atoms with Gasteiger partial charge in [0.25, 0.3) is 0 Å². The molecule has 0 aromatic carbocycles. The van der Waals surface area contributed by atoms with Crippen LogP contribution in [-0.2, 0) is 0 Å². The normalized spacial score (nSPS) is 9.69. The summed E-state index contributed by atoms with van der Waals surface area (Å²) in [5.74, 6) is 0. The zero-order valence-electron chi connectivity index (χ0n) is 7.88. The maximum absolute atomic E-state index is 8.85. The van der Waals surface area contributed by atoms with Gasteiger partial charge < -0.3 is 0 Å². The lowest BCUT2D eigenvalue weighted by Gasteiger charge is -2.15. The summed E-state index contributed by atoms with van der Waals surface area (Å²) in [7, 11) is 0. The fourth-order valence-corrected chi connectivity index (χ4v) is 1.12. The lowest BCUT2D eigenvalue weighted by Crippen LogP contribution is -2.15. The van der Waals surface area contributed by atoms with Crippen LogP contribution in [0.3, 0.4) is 0 Å². The molecule has 0 N–H and O–H groups in total. The van der Waals surface area contributed by atoms with Crippen LogP contribution in [0.15, 0.2) is 0 Å². The number of rotatable bonds is 5. The van der Waals surface area contributed by atoms with Gasteiger partial charge in [-0.25, -0.2) is 0 Å². The molecule has 0 aliphatic carbocycles. The highest BCUT2D eigenvalue weighted by Gasteiger charge is 2.28. The SMILES string of the molecule is CCCCC(C#N)(C#N)CCC#N. The second-order valence-electron chi connectivity index (χ2n) is 3.07. The van der Waals surface area contributed by atoms with Gasteiger partial charge in [-0.2, -0.15) is 15.8 Å². The van der Waals surface area contributed by atoms with E-state index in [0.29, 0.717) is 12.8 Å². The van der Waals surface area contributed by atoms with Crippen molar-refractivity contribution in [3.63, 3.8) is 0 Å². The van der Waals surface area contributed by atoms with Gasteiger partial charge in [0.2, 0.25) is 0 Å². The summed E-state index contributed by atoms with van der Waals surface area (Å²) < 4.78 is 0. The van der Waals surface area contributed by atoms with Gasteiger partial charge in [0.15, 0.2) is 0 Å². The van der Waals surface area contributed by atoms with Gasteiger partial charge in [0.1, 0.15) is 5.41 Å². The van der Waals surface area contributed by atoms with Gasteiger partial charge in [0.05, 0.1) is 18.2 Å². The minimum atomic E-state index is -0.925.